The third-order valence-electron chi connectivity index (χ3n) is 4.06. The first-order valence-electron chi connectivity index (χ1n) is 7.31. The molecule has 1 atom stereocenters. The van der Waals surface area contributed by atoms with Gasteiger partial charge in [0.15, 0.2) is 0 Å². The van der Waals surface area contributed by atoms with Gasteiger partial charge in [-0.1, -0.05) is 12.1 Å². The summed E-state index contributed by atoms with van der Waals surface area (Å²) in [7, 11) is 1.44. The van der Waals surface area contributed by atoms with E-state index in [0.717, 1.165) is 29.7 Å². The number of esters is 1. The summed E-state index contributed by atoms with van der Waals surface area (Å²) in [6, 6.07) is 8.40. The van der Waals surface area contributed by atoms with E-state index < -0.39 is 5.54 Å². The second-order valence-electron chi connectivity index (χ2n) is 5.98. The highest BCUT2D eigenvalue weighted by Gasteiger charge is 2.40. The molecule has 1 N–H and O–H groups in total. The fourth-order valence-corrected chi connectivity index (χ4v) is 2.78. The van der Waals surface area contributed by atoms with Crippen LogP contribution in [-0.2, 0) is 16.1 Å². The number of rotatable bonds is 5. The first-order chi connectivity index (χ1) is 10.0. The number of hydrogen-bond acceptors (Lipinski definition) is 4. The number of hydrogen-bond donors (Lipinski definition) is 1. The lowest BCUT2D eigenvalue weighted by Gasteiger charge is -2.29. The Morgan fingerprint density at radius 1 is 1.48 bits per heavy atom. The summed E-state index contributed by atoms with van der Waals surface area (Å²) in [6.45, 7) is 4.39. The van der Waals surface area contributed by atoms with Crippen molar-refractivity contribution in [3.63, 3.8) is 0 Å². The third kappa shape index (κ3) is 2.65. The maximum absolute atomic E-state index is 12.3. The summed E-state index contributed by atoms with van der Waals surface area (Å²) in [6.07, 6.45) is 2.24. The van der Waals surface area contributed by atoms with Crippen LogP contribution in [-0.4, -0.2) is 34.2 Å². The molecule has 0 radical (unpaired) electrons. The molecule has 1 aliphatic carbocycles. The molecule has 0 saturated heterocycles. The van der Waals surface area contributed by atoms with Crippen molar-refractivity contribution in [3.8, 4) is 0 Å². The van der Waals surface area contributed by atoms with Gasteiger partial charge >= 0.3 is 5.97 Å². The zero-order chi connectivity index (χ0) is 15.0. The van der Waals surface area contributed by atoms with Gasteiger partial charge in [0, 0.05) is 6.04 Å². The lowest BCUT2D eigenvalue weighted by atomic mass is 10.0. The second kappa shape index (κ2) is 5.15. The number of nitrogens with zero attached hydrogens (tertiary/aromatic N) is 2. The number of carbonyl (C=O) groups is 1. The van der Waals surface area contributed by atoms with Crippen LogP contribution in [0.2, 0.25) is 0 Å². The predicted molar refractivity (Wildman–Crippen MR) is 81.0 cm³/mol. The van der Waals surface area contributed by atoms with E-state index in [1.54, 1.807) is 0 Å². The van der Waals surface area contributed by atoms with Crippen molar-refractivity contribution in [1.82, 2.24) is 14.9 Å². The third-order valence-corrected chi connectivity index (χ3v) is 4.06. The van der Waals surface area contributed by atoms with Crippen molar-refractivity contribution >= 4 is 17.0 Å². The summed E-state index contributed by atoms with van der Waals surface area (Å²) in [5, 5.41) is 3.43. The zero-order valence-electron chi connectivity index (χ0n) is 12.7. The maximum Gasteiger partial charge on any atom is 0.327 e. The number of ether oxygens (including phenoxy) is 1. The van der Waals surface area contributed by atoms with Gasteiger partial charge in [-0.15, -0.1) is 0 Å². The van der Waals surface area contributed by atoms with Crippen molar-refractivity contribution in [2.75, 3.05) is 7.11 Å². The molecule has 3 rings (SSSR count). The maximum atomic E-state index is 12.3. The van der Waals surface area contributed by atoms with Gasteiger partial charge in [-0.3, -0.25) is 5.32 Å². The summed E-state index contributed by atoms with van der Waals surface area (Å²) in [5.74, 6) is 0.676. The molecule has 1 fully saturated rings. The molecule has 1 aliphatic rings. The van der Waals surface area contributed by atoms with E-state index in [-0.39, 0.29) is 5.97 Å². The van der Waals surface area contributed by atoms with E-state index in [4.69, 9.17) is 4.74 Å². The second-order valence-corrected chi connectivity index (χ2v) is 5.98. The number of para-hydroxylation sites is 2. The lowest BCUT2D eigenvalue weighted by Crippen LogP contribution is -2.54. The monoisotopic (exact) mass is 287 g/mol. The van der Waals surface area contributed by atoms with Gasteiger partial charge in [0.1, 0.15) is 11.4 Å². The highest BCUT2D eigenvalue weighted by atomic mass is 16.5. The van der Waals surface area contributed by atoms with E-state index >= 15 is 0 Å². The molecule has 0 bridgehead atoms. The fourth-order valence-electron chi connectivity index (χ4n) is 2.78. The van der Waals surface area contributed by atoms with Gasteiger partial charge < -0.3 is 9.30 Å². The summed E-state index contributed by atoms with van der Waals surface area (Å²) >= 11 is 0. The van der Waals surface area contributed by atoms with Crippen LogP contribution in [0, 0.1) is 6.92 Å². The van der Waals surface area contributed by atoms with E-state index in [1.165, 1.54) is 7.11 Å². The van der Waals surface area contributed by atoms with Crippen LogP contribution in [0.4, 0.5) is 0 Å². The summed E-state index contributed by atoms with van der Waals surface area (Å²) in [4.78, 5) is 16.8. The molecule has 1 aromatic heterocycles. The van der Waals surface area contributed by atoms with Crippen molar-refractivity contribution in [2.45, 2.75) is 44.8 Å². The molecule has 2 aromatic rings. The Morgan fingerprint density at radius 3 is 2.86 bits per heavy atom. The number of imidazole rings is 1. The largest absolute Gasteiger partial charge is 0.468 e. The molecule has 0 spiro atoms. The van der Waals surface area contributed by atoms with Crippen molar-refractivity contribution in [2.24, 2.45) is 0 Å². The number of aromatic nitrogens is 2. The highest BCUT2D eigenvalue weighted by Crippen LogP contribution is 2.26. The standard InChI is InChI=1S/C16H21N3O2/c1-11-17-13-6-4-5-7-14(13)19(11)10-16(2,15(20)21-3)18-12-8-9-12/h4-7,12,18H,8-10H2,1-3H3. The minimum absolute atomic E-state index is 0.230. The Labute approximate surface area is 124 Å². The molecule has 5 heteroatoms. The quantitative estimate of drug-likeness (QED) is 0.855. The van der Waals surface area contributed by atoms with Crippen LogP contribution < -0.4 is 5.32 Å². The molecule has 0 aliphatic heterocycles. The van der Waals surface area contributed by atoms with Crippen LogP contribution >= 0.6 is 0 Å². The van der Waals surface area contributed by atoms with E-state index in [9.17, 15) is 4.79 Å². The summed E-state index contributed by atoms with van der Waals surface area (Å²) in [5.41, 5.74) is 1.26. The number of nitrogens with one attached hydrogen (secondary N) is 1. The molecule has 1 heterocycles. The van der Waals surface area contributed by atoms with Crippen molar-refractivity contribution < 1.29 is 9.53 Å². The average molecular weight is 287 g/mol. The normalized spacial score (nSPS) is 17.7. The molecule has 112 valence electrons. The average Bonchev–Trinajstić information content (AvgIpc) is 3.22. The van der Waals surface area contributed by atoms with Crippen LogP contribution in [0.25, 0.3) is 11.0 Å². The van der Waals surface area contributed by atoms with E-state index in [1.807, 2.05) is 38.1 Å². The van der Waals surface area contributed by atoms with Crippen LogP contribution in [0.1, 0.15) is 25.6 Å². The van der Waals surface area contributed by atoms with Gasteiger partial charge in [0.25, 0.3) is 0 Å². The molecule has 5 nitrogen and oxygen atoms in total. The molecule has 0 amide bonds. The van der Waals surface area contributed by atoms with E-state index in [2.05, 4.69) is 14.9 Å². The van der Waals surface area contributed by atoms with Crippen LogP contribution in [0.15, 0.2) is 24.3 Å². The molecule has 21 heavy (non-hydrogen) atoms. The van der Waals surface area contributed by atoms with E-state index in [0.29, 0.717) is 12.6 Å². The Hall–Kier alpha value is -1.88. The van der Waals surface area contributed by atoms with Gasteiger partial charge in [0.2, 0.25) is 0 Å². The number of methoxy groups -OCH3 is 1. The number of carbonyl (C=O) groups excluding carboxylic acids is 1. The first-order valence-corrected chi connectivity index (χ1v) is 7.31. The van der Waals surface area contributed by atoms with Crippen molar-refractivity contribution in [1.29, 1.82) is 0 Å². The molecule has 1 aromatic carbocycles. The van der Waals surface area contributed by atoms with Gasteiger partial charge in [-0.05, 0) is 38.8 Å². The number of aryl methyl sites for hydroxylation is 1. The minimum atomic E-state index is -0.732. The zero-order valence-corrected chi connectivity index (χ0v) is 12.7. The fraction of sp³-hybridized carbons (Fsp3) is 0.500. The minimum Gasteiger partial charge on any atom is -0.468 e. The Balaban J connectivity index is 1.97. The van der Waals surface area contributed by atoms with Crippen LogP contribution in [0.3, 0.4) is 0 Å². The molecule has 1 saturated carbocycles. The number of fused-ring (bicyclic) bond motifs is 1. The predicted octanol–water partition coefficient (Wildman–Crippen LogP) is 2.03. The number of benzene rings is 1. The topological polar surface area (TPSA) is 56.2 Å². The van der Waals surface area contributed by atoms with Crippen LogP contribution in [0.5, 0.6) is 0 Å². The first kappa shape index (κ1) is 14.1. The SMILES string of the molecule is COC(=O)C(C)(Cn1c(C)nc2ccccc21)NC1CC1. The van der Waals surface area contributed by atoms with Crippen molar-refractivity contribution in [3.05, 3.63) is 30.1 Å². The molecular formula is C16H21N3O2. The highest BCUT2D eigenvalue weighted by molar-refractivity contribution is 5.81. The Kier molecular flexibility index (Phi) is 3.45. The lowest BCUT2D eigenvalue weighted by molar-refractivity contribution is -0.148. The Morgan fingerprint density at radius 2 is 2.19 bits per heavy atom. The smallest absolute Gasteiger partial charge is 0.327 e. The molecular weight excluding hydrogens is 266 g/mol. The molecule has 1 unspecified atom stereocenters. The van der Waals surface area contributed by atoms with Gasteiger partial charge in [-0.25, -0.2) is 9.78 Å². The summed E-state index contributed by atoms with van der Waals surface area (Å²) < 4.78 is 7.09. The van der Waals surface area contributed by atoms with Gasteiger partial charge in [0.05, 0.1) is 24.7 Å². The van der Waals surface area contributed by atoms with Gasteiger partial charge in [-0.2, -0.15) is 0 Å². The Bertz CT molecular complexity index is 675.